The maximum Gasteiger partial charge on any atom is 0.257 e. The van der Waals surface area contributed by atoms with Crippen molar-refractivity contribution in [2.75, 3.05) is 32.7 Å². The van der Waals surface area contributed by atoms with Crippen molar-refractivity contribution in [1.29, 1.82) is 0 Å². The number of hydrogen-bond acceptors (Lipinski definition) is 4. The molecule has 186 valence electrons. The van der Waals surface area contributed by atoms with E-state index >= 15 is 0 Å². The normalized spacial score (nSPS) is 18.9. The van der Waals surface area contributed by atoms with E-state index in [2.05, 4.69) is 66.1 Å². The summed E-state index contributed by atoms with van der Waals surface area (Å²) in [6, 6.07) is 23.0. The second-order valence-corrected chi connectivity index (χ2v) is 9.88. The highest BCUT2D eigenvalue weighted by Crippen LogP contribution is 2.35. The van der Waals surface area contributed by atoms with Crippen LogP contribution in [0.4, 0.5) is 4.39 Å². The molecule has 2 aliphatic rings. The number of amides is 1. The average molecular weight is 485 g/mol. The van der Waals surface area contributed by atoms with E-state index in [0.29, 0.717) is 12.0 Å². The number of hydrazone groups is 1. The van der Waals surface area contributed by atoms with E-state index in [1.165, 1.54) is 22.2 Å². The first-order valence-electron chi connectivity index (χ1n) is 12.7. The van der Waals surface area contributed by atoms with Crippen LogP contribution in [0.15, 0.2) is 77.9 Å². The second-order valence-electron chi connectivity index (χ2n) is 9.88. The monoisotopic (exact) mass is 484 g/mol. The van der Waals surface area contributed by atoms with Crippen LogP contribution in [-0.4, -0.2) is 59.2 Å². The molecule has 0 aliphatic carbocycles. The molecule has 0 radical (unpaired) electrons. The fourth-order valence-electron chi connectivity index (χ4n) is 5.24. The van der Waals surface area contributed by atoms with E-state index in [0.717, 1.165) is 49.6 Å². The molecule has 3 aromatic rings. The lowest BCUT2D eigenvalue weighted by Crippen LogP contribution is -2.49. The van der Waals surface area contributed by atoms with Crippen LogP contribution in [0.1, 0.15) is 40.3 Å². The maximum atomic E-state index is 14.8. The third kappa shape index (κ3) is 5.40. The SMILES string of the molecule is Cc1ccc(C2=NN(C(=O)CN3CCN(Cc4ccccc4)CC3)[C@@H](c3ccccc3F)C2)c(C)c1. The van der Waals surface area contributed by atoms with Gasteiger partial charge in [0.1, 0.15) is 5.82 Å². The van der Waals surface area contributed by atoms with Gasteiger partial charge in [0, 0.05) is 50.3 Å². The minimum atomic E-state index is -0.436. The van der Waals surface area contributed by atoms with Crippen molar-refractivity contribution in [3.63, 3.8) is 0 Å². The van der Waals surface area contributed by atoms with E-state index in [1.807, 2.05) is 12.1 Å². The van der Waals surface area contributed by atoms with Gasteiger partial charge in [-0.25, -0.2) is 9.40 Å². The summed E-state index contributed by atoms with van der Waals surface area (Å²) in [5, 5.41) is 6.31. The zero-order valence-corrected chi connectivity index (χ0v) is 21.0. The van der Waals surface area contributed by atoms with Gasteiger partial charge in [-0.05, 0) is 31.0 Å². The first kappa shape index (κ1) is 24.3. The van der Waals surface area contributed by atoms with Crippen LogP contribution in [0.5, 0.6) is 0 Å². The summed E-state index contributed by atoms with van der Waals surface area (Å²) < 4.78 is 14.8. The van der Waals surface area contributed by atoms with Crippen molar-refractivity contribution in [1.82, 2.24) is 14.8 Å². The predicted molar refractivity (Wildman–Crippen MR) is 141 cm³/mol. The van der Waals surface area contributed by atoms with Crippen LogP contribution in [0.2, 0.25) is 0 Å². The van der Waals surface area contributed by atoms with Crippen LogP contribution >= 0.6 is 0 Å². The summed E-state index contributed by atoms with van der Waals surface area (Å²) in [6.07, 6.45) is 0.501. The number of benzene rings is 3. The molecule has 0 unspecified atom stereocenters. The number of piperazine rings is 1. The van der Waals surface area contributed by atoms with Crippen molar-refractivity contribution >= 4 is 11.6 Å². The number of nitrogens with zero attached hydrogens (tertiary/aromatic N) is 4. The maximum absolute atomic E-state index is 14.8. The molecular formula is C30H33FN4O. The minimum Gasteiger partial charge on any atom is -0.297 e. The highest BCUT2D eigenvalue weighted by Gasteiger charge is 2.35. The van der Waals surface area contributed by atoms with Gasteiger partial charge in [-0.2, -0.15) is 5.10 Å². The first-order valence-corrected chi connectivity index (χ1v) is 12.7. The van der Waals surface area contributed by atoms with Crippen molar-refractivity contribution in [2.45, 2.75) is 32.9 Å². The molecule has 36 heavy (non-hydrogen) atoms. The van der Waals surface area contributed by atoms with Gasteiger partial charge < -0.3 is 0 Å². The molecule has 5 nitrogen and oxygen atoms in total. The molecule has 1 atom stereocenters. The van der Waals surface area contributed by atoms with Crippen molar-refractivity contribution in [3.8, 4) is 0 Å². The van der Waals surface area contributed by atoms with Gasteiger partial charge in [-0.1, -0.05) is 72.3 Å². The molecular weight excluding hydrogens is 451 g/mol. The molecule has 0 aromatic heterocycles. The van der Waals surface area contributed by atoms with E-state index < -0.39 is 6.04 Å². The Bertz CT molecular complexity index is 1250. The molecule has 1 saturated heterocycles. The fraction of sp³-hybridized carbons (Fsp3) is 0.333. The van der Waals surface area contributed by atoms with Crippen LogP contribution in [0.25, 0.3) is 0 Å². The molecule has 0 spiro atoms. The smallest absolute Gasteiger partial charge is 0.257 e. The summed E-state index contributed by atoms with van der Waals surface area (Å²) in [4.78, 5) is 18.1. The first-order chi connectivity index (χ1) is 17.5. The summed E-state index contributed by atoms with van der Waals surface area (Å²) in [5.74, 6) is -0.383. The molecule has 6 heteroatoms. The van der Waals surface area contributed by atoms with Gasteiger partial charge >= 0.3 is 0 Å². The fourth-order valence-corrected chi connectivity index (χ4v) is 5.24. The Morgan fingerprint density at radius 3 is 2.33 bits per heavy atom. The Labute approximate surface area is 212 Å². The van der Waals surface area contributed by atoms with E-state index in [1.54, 1.807) is 12.1 Å². The summed E-state index contributed by atoms with van der Waals surface area (Å²) in [7, 11) is 0. The molecule has 1 amide bonds. The summed E-state index contributed by atoms with van der Waals surface area (Å²) in [5.41, 5.74) is 5.97. The number of rotatable bonds is 6. The van der Waals surface area contributed by atoms with Crippen molar-refractivity contribution in [3.05, 3.63) is 106 Å². The Balaban J connectivity index is 1.30. The Morgan fingerprint density at radius 1 is 0.917 bits per heavy atom. The van der Waals surface area contributed by atoms with Gasteiger partial charge in [0.05, 0.1) is 18.3 Å². The molecule has 5 rings (SSSR count). The number of aryl methyl sites for hydroxylation is 2. The minimum absolute atomic E-state index is 0.0838. The van der Waals surface area contributed by atoms with Crippen LogP contribution < -0.4 is 0 Å². The third-order valence-corrected chi connectivity index (χ3v) is 7.20. The molecule has 0 saturated carbocycles. The number of hydrogen-bond donors (Lipinski definition) is 0. The highest BCUT2D eigenvalue weighted by atomic mass is 19.1. The number of carbonyl (C=O) groups excluding carboxylic acids is 1. The third-order valence-electron chi connectivity index (χ3n) is 7.20. The van der Waals surface area contributed by atoms with Gasteiger partial charge in [-0.15, -0.1) is 0 Å². The lowest BCUT2D eigenvalue weighted by atomic mass is 9.95. The lowest BCUT2D eigenvalue weighted by molar-refractivity contribution is -0.134. The van der Waals surface area contributed by atoms with Crippen LogP contribution in [0.3, 0.4) is 0 Å². The molecule has 3 aromatic carbocycles. The summed E-state index contributed by atoms with van der Waals surface area (Å²) >= 11 is 0. The lowest BCUT2D eigenvalue weighted by Gasteiger charge is -2.35. The predicted octanol–water partition coefficient (Wildman–Crippen LogP) is 4.94. The average Bonchev–Trinajstić information content (AvgIpc) is 3.31. The van der Waals surface area contributed by atoms with Gasteiger partial charge in [0.25, 0.3) is 5.91 Å². The van der Waals surface area contributed by atoms with E-state index in [9.17, 15) is 9.18 Å². The zero-order valence-electron chi connectivity index (χ0n) is 21.0. The quantitative estimate of drug-likeness (QED) is 0.498. The van der Waals surface area contributed by atoms with E-state index in [-0.39, 0.29) is 18.3 Å². The van der Waals surface area contributed by atoms with Crippen molar-refractivity contribution in [2.24, 2.45) is 5.10 Å². The number of halogens is 1. The topological polar surface area (TPSA) is 39.2 Å². The Morgan fingerprint density at radius 2 is 1.61 bits per heavy atom. The molecule has 1 fully saturated rings. The standard InChI is InChI=1S/C30H33FN4O/c1-22-12-13-25(23(2)18-22)28-19-29(26-10-6-7-11-27(26)31)35(32-28)30(36)21-34-16-14-33(15-17-34)20-24-8-4-3-5-9-24/h3-13,18,29H,14-17,19-21H2,1-2H3/t29-/m1/s1. The molecule has 0 N–H and O–H groups in total. The van der Waals surface area contributed by atoms with Gasteiger partial charge in [0.15, 0.2) is 0 Å². The van der Waals surface area contributed by atoms with Crippen LogP contribution in [-0.2, 0) is 11.3 Å². The second kappa shape index (κ2) is 10.7. The number of carbonyl (C=O) groups is 1. The highest BCUT2D eigenvalue weighted by molar-refractivity contribution is 6.04. The molecule has 2 heterocycles. The summed E-state index contributed by atoms with van der Waals surface area (Å²) in [6.45, 7) is 8.80. The van der Waals surface area contributed by atoms with E-state index in [4.69, 9.17) is 5.10 Å². The van der Waals surface area contributed by atoms with Crippen molar-refractivity contribution < 1.29 is 9.18 Å². The Hall–Kier alpha value is -3.35. The van der Waals surface area contributed by atoms with Gasteiger partial charge in [-0.3, -0.25) is 14.6 Å². The Kier molecular flexibility index (Phi) is 7.25. The largest absolute Gasteiger partial charge is 0.297 e. The zero-order chi connectivity index (χ0) is 25.1. The van der Waals surface area contributed by atoms with Gasteiger partial charge in [0.2, 0.25) is 0 Å². The molecule has 0 bridgehead atoms. The molecule has 2 aliphatic heterocycles. The van der Waals surface area contributed by atoms with Crippen LogP contribution in [0, 0.1) is 19.7 Å².